The maximum absolute atomic E-state index is 11.4. The van der Waals surface area contributed by atoms with E-state index in [2.05, 4.69) is 27.0 Å². The highest BCUT2D eigenvalue weighted by molar-refractivity contribution is 5.97. The number of carbonyl (C=O) groups is 1. The van der Waals surface area contributed by atoms with Gasteiger partial charge in [0.15, 0.2) is 0 Å². The predicted molar refractivity (Wildman–Crippen MR) is 100 cm³/mol. The summed E-state index contributed by atoms with van der Waals surface area (Å²) < 4.78 is 16.5. The van der Waals surface area contributed by atoms with E-state index in [1.54, 1.807) is 20.3 Å². The summed E-state index contributed by atoms with van der Waals surface area (Å²) in [6.45, 7) is 13.0. The second kappa shape index (κ2) is 9.39. The lowest BCUT2D eigenvalue weighted by Crippen LogP contribution is -2.48. The molecule has 0 amide bonds. The van der Waals surface area contributed by atoms with Crippen LogP contribution in [0, 0.1) is 5.92 Å². The fourth-order valence-corrected chi connectivity index (χ4v) is 2.93. The third kappa shape index (κ3) is 5.18. The zero-order valence-corrected chi connectivity index (χ0v) is 15.9. The molecule has 6 heteroatoms. The van der Waals surface area contributed by atoms with Gasteiger partial charge in [0, 0.05) is 13.3 Å². The van der Waals surface area contributed by atoms with E-state index in [1.165, 1.54) is 6.92 Å². The number of methoxy groups -OCH3 is 2. The molecule has 1 aliphatic rings. The number of allylic oxidation sites excluding steroid dienone is 1. The van der Waals surface area contributed by atoms with Gasteiger partial charge in [-0.05, 0) is 18.8 Å². The van der Waals surface area contributed by atoms with Crippen LogP contribution in [0.25, 0.3) is 0 Å². The molecule has 0 aromatic carbocycles. The van der Waals surface area contributed by atoms with Gasteiger partial charge in [-0.25, -0.2) is 9.98 Å². The number of hydrogen-bond donors (Lipinski definition) is 0. The molecule has 6 nitrogen and oxygen atoms in total. The summed E-state index contributed by atoms with van der Waals surface area (Å²) in [7, 11) is 3.18. The maximum Gasteiger partial charge on any atom is 0.303 e. The molecule has 140 valence electrons. The van der Waals surface area contributed by atoms with Crippen molar-refractivity contribution in [3.05, 3.63) is 25.3 Å². The molecule has 0 saturated heterocycles. The molecule has 0 bridgehead atoms. The van der Waals surface area contributed by atoms with Crippen molar-refractivity contribution in [2.45, 2.75) is 57.7 Å². The molecule has 0 spiro atoms. The Bertz CT molecular complexity index is 554. The normalized spacial score (nSPS) is 24.0. The monoisotopic (exact) mass is 350 g/mol. The number of ether oxygens (including phenoxy) is 3. The van der Waals surface area contributed by atoms with Gasteiger partial charge in [-0.15, -0.1) is 6.58 Å². The molecule has 2 unspecified atom stereocenters. The highest BCUT2D eigenvalue weighted by Gasteiger charge is 2.44. The highest BCUT2D eigenvalue weighted by atomic mass is 16.5. The Morgan fingerprint density at radius 2 is 2.00 bits per heavy atom. The number of carbonyl (C=O) groups excluding carboxylic acids is 1. The molecule has 1 aliphatic heterocycles. The van der Waals surface area contributed by atoms with Crippen LogP contribution < -0.4 is 0 Å². The molecule has 0 fully saturated rings. The SMILES string of the molecule is C=CCCC1(C[C@H](C=C)OC(C)=O)N=C(OC)C(C(C)C)N=C1OC. The summed E-state index contributed by atoms with van der Waals surface area (Å²) in [5, 5.41) is 0. The van der Waals surface area contributed by atoms with Crippen molar-refractivity contribution < 1.29 is 19.0 Å². The Morgan fingerprint density at radius 3 is 2.44 bits per heavy atom. The molecule has 0 aromatic rings. The van der Waals surface area contributed by atoms with Crippen molar-refractivity contribution in [2.24, 2.45) is 15.9 Å². The Balaban J connectivity index is 3.34. The molecule has 0 aliphatic carbocycles. The largest absolute Gasteiger partial charge is 0.483 e. The van der Waals surface area contributed by atoms with E-state index in [1.807, 2.05) is 6.08 Å². The summed E-state index contributed by atoms with van der Waals surface area (Å²) in [4.78, 5) is 21.0. The number of hydrogen-bond acceptors (Lipinski definition) is 6. The minimum atomic E-state index is -0.784. The smallest absolute Gasteiger partial charge is 0.303 e. The van der Waals surface area contributed by atoms with E-state index < -0.39 is 11.6 Å². The number of rotatable bonds is 8. The van der Waals surface area contributed by atoms with Gasteiger partial charge >= 0.3 is 5.97 Å². The molecule has 0 aromatic heterocycles. The fraction of sp³-hybridized carbons (Fsp3) is 0.632. The van der Waals surface area contributed by atoms with E-state index in [0.717, 1.165) is 0 Å². The number of esters is 1. The lowest BCUT2D eigenvalue weighted by Gasteiger charge is -2.37. The van der Waals surface area contributed by atoms with E-state index >= 15 is 0 Å². The molecule has 1 rings (SSSR count). The Kier molecular flexibility index (Phi) is 7.87. The van der Waals surface area contributed by atoms with Gasteiger partial charge in [-0.2, -0.15) is 0 Å². The van der Waals surface area contributed by atoms with Gasteiger partial charge in [0.2, 0.25) is 11.8 Å². The molecule has 1 heterocycles. The summed E-state index contributed by atoms with van der Waals surface area (Å²) in [6.07, 6.45) is 4.63. The lowest BCUT2D eigenvalue weighted by molar-refractivity contribution is -0.144. The summed E-state index contributed by atoms with van der Waals surface area (Å²) in [5.41, 5.74) is -0.784. The average molecular weight is 350 g/mol. The molecule has 0 saturated carbocycles. The van der Waals surface area contributed by atoms with Gasteiger partial charge in [0.1, 0.15) is 17.7 Å². The Morgan fingerprint density at radius 1 is 1.32 bits per heavy atom. The molecular weight excluding hydrogens is 320 g/mol. The molecule has 3 atom stereocenters. The molecule has 0 radical (unpaired) electrons. The van der Waals surface area contributed by atoms with Crippen molar-refractivity contribution in [3.63, 3.8) is 0 Å². The zero-order chi connectivity index (χ0) is 19.0. The zero-order valence-electron chi connectivity index (χ0n) is 15.9. The minimum Gasteiger partial charge on any atom is -0.483 e. The first-order valence-corrected chi connectivity index (χ1v) is 8.50. The van der Waals surface area contributed by atoms with Crippen molar-refractivity contribution in [3.8, 4) is 0 Å². The van der Waals surface area contributed by atoms with Crippen molar-refractivity contribution in [1.82, 2.24) is 0 Å². The quantitative estimate of drug-likeness (QED) is 0.497. The molecular formula is C19H30N2O4. The summed E-state index contributed by atoms with van der Waals surface area (Å²) in [6, 6.07) is -0.201. The van der Waals surface area contributed by atoms with E-state index in [9.17, 15) is 4.79 Å². The van der Waals surface area contributed by atoms with Crippen molar-refractivity contribution >= 4 is 17.8 Å². The van der Waals surface area contributed by atoms with Gasteiger partial charge in [-0.3, -0.25) is 4.79 Å². The average Bonchev–Trinajstić information content (AvgIpc) is 2.58. The highest BCUT2D eigenvalue weighted by Crippen LogP contribution is 2.34. The van der Waals surface area contributed by atoms with E-state index in [4.69, 9.17) is 24.2 Å². The van der Waals surface area contributed by atoms with Crippen LogP contribution in [0.4, 0.5) is 0 Å². The first kappa shape index (κ1) is 20.9. The van der Waals surface area contributed by atoms with Crippen LogP contribution in [0.3, 0.4) is 0 Å². The van der Waals surface area contributed by atoms with E-state index in [-0.39, 0.29) is 17.9 Å². The van der Waals surface area contributed by atoms with Gasteiger partial charge in [0.05, 0.1) is 14.2 Å². The van der Waals surface area contributed by atoms with E-state index in [0.29, 0.717) is 31.1 Å². The van der Waals surface area contributed by atoms with Crippen LogP contribution >= 0.6 is 0 Å². The standard InChI is InChI=1S/C19H30N2O4/c1-8-10-11-19(12-15(9-2)25-14(5)22)18(24-7)20-16(13(3)4)17(21-19)23-6/h8-9,13,15-16H,1-2,10-12H2,3-7H3/t15-,16?,19?/m0/s1. The third-order valence-corrected chi connectivity index (χ3v) is 4.15. The number of nitrogens with zero attached hydrogens (tertiary/aromatic N) is 2. The third-order valence-electron chi connectivity index (χ3n) is 4.15. The Hall–Kier alpha value is -2.11. The van der Waals surface area contributed by atoms with Gasteiger partial charge < -0.3 is 14.2 Å². The second-order valence-electron chi connectivity index (χ2n) is 6.43. The summed E-state index contributed by atoms with van der Waals surface area (Å²) >= 11 is 0. The summed E-state index contributed by atoms with van der Waals surface area (Å²) in [5.74, 6) is 0.926. The van der Waals surface area contributed by atoms with Crippen LogP contribution in [0.15, 0.2) is 35.3 Å². The van der Waals surface area contributed by atoms with Crippen LogP contribution in [-0.2, 0) is 19.0 Å². The first-order chi connectivity index (χ1) is 11.8. The van der Waals surface area contributed by atoms with Crippen LogP contribution in [0.1, 0.15) is 40.0 Å². The Labute approximate surface area is 150 Å². The topological polar surface area (TPSA) is 69.5 Å². The minimum absolute atomic E-state index is 0.201. The van der Waals surface area contributed by atoms with Crippen molar-refractivity contribution in [2.75, 3.05) is 14.2 Å². The predicted octanol–water partition coefficient (Wildman–Crippen LogP) is 3.33. The van der Waals surface area contributed by atoms with Crippen LogP contribution in [0.2, 0.25) is 0 Å². The fourth-order valence-electron chi connectivity index (χ4n) is 2.93. The molecule has 25 heavy (non-hydrogen) atoms. The van der Waals surface area contributed by atoms with Gasteiger partial charge in [0.25, 0.3) is 0 Å². The first-order valence-electron chi connectivity index (χ1n) is 8.50. The maximum atomic E-state index is 11.4. The van der Waals surface area contributed by atoms with Gasteiger partial charge in [-0.1, -0.05) is 32.6 Å². The lowest BCUT2D eigenvalue weighted by atomic mass is 9.85. The van der Waals surface area contributed by atoms with Crippen molar-refractivity contribution in [1.29, 1.82) is 0 Å². The number of aliphatic imine (C=N–C) groups is 2. The van der Waals surface area contributed by atoms with Crippen LogP contribution in [0.5, 0.6) is 0 Å². The molecule has 0 N–H and O–H groups in total. The second-order valence-corrected chi connectivity index (χ2v) is 6.43. The van der Waals surface area contributed by atoms with Crippen LogP contribution in [-0.4, -0.2) is 49.7 Å².